The van der Waals surface area contributed by atoms with Crippen molar-refractivity contribution in [1.29, 1.82) is 0 Å². The van der Waals surface area contributed by atoms with Crippen molar-refractivity contribution in [2.24, 2.45) is 5.92 Å². The molecule has 1 aromatic rings. The van der Waals surface area contributed by atoms with E-state index >= 15 is 0 Å². The average molecular weight is 260 g/mol. The molecular weight excluding hydrogens is 236 g/mol. The van der Waals surface area contributed by atoms with E-state index in [0.29, 0.717) is 0 Å². The Balaban J connectivity index is 2.04. The van der Waals surface area contributed by atoms with Crippen molar-refractivity contribution in [2.75, 3.05) is 31.6 Å². The first kappa shape index (κ1) is 14.1. The van der Waals surface area contributed by atoms with Crippen molar-refractivity contribution < 1.29 is 4.79 Å². The molecule has 1 fully saturated rings. The number of nitrogens with one attached hydrogen (secondary N) is 1. The Morgan fingerprint density at radius 1 is 1.47 bits per heavy atom. The Kier molecular flexibility index (Phi) is 4.97. The van der Waals surface area contributed by atoms with Crippen LogP contribution in [0.25, 0.3) is 0 Å². The Hall–Kier alpha value is -1.35. The van der Waals surface area contributed by atoms with E-state index in [1.807, 2.05) is 25.2 Å². The highest BCUT2D eigenvalue weighted by atomic mass is 16.1. The topological polar surface area (TPSA) is 32.3 Å². The zero-order valence-electron chi connectivity index (χ0n) is 12.0. The number of anilines is 1. The molecule has 1 atom stereocenters. The minimum Gasteiger partial charge on any atom is -0.371 e. The van der Waals surface area contributed by atoms with E-state index < -0.39 is 0 Å². The number of nitrogens with zero attached hydrogens (tertiary/aromatic N) is 1. The zero-order chi connectivity index (χ0) is 13.7. The van der Waals surface area contributed by atoms with Gasteiger partial charge >= 0.3 is 0 Å². The number of carbonyl (C=O) groups is 1. The van der Waals surface area contributed by atoms with Crippen LogP contribution in [0.1, 0.15) is 36.5 Å². The van der Waals surface area contributed by atoms with E-state index in [4.69, 9.17) is 0 Å². The van der Waals surface area contributed by atoms with Crippen LogP contribution in [0.15, 0.2) is 24.3 Å². The second-order valence-corrected chi connectivity index (χ2v) is 5.45. The summed E-state index contributed by atoms with van der Waals surface area (Å²) in [6.07, 6.45) is 3.81. The van der Waals surface area contributed by atoms with Gasteiger partial charge in [0.15, 0.2) is 5.78 Å². The van der Waals surface area contributed by atoms with Crippen LogP contribution >= 0.6 is 0 Å². The normalized spacial score (nSPS) is 19.5. The highest BCUT2D eigenvalue weighted by Crippen LogP contribution is 2.25. The summed E-state index contributed by atoms with van der Waals surface area (Å²) in [5.41, 5.74) is 2.01. The molecule has 0 saturated carbocycles. The van der Waals surface area contributed by atoms with Gasteiger partial charge in [0.05, 0.1) is 0 Å². The quantitative estimate of drug-likeness (QED) is 0.826. The summed E-state index contributed by atoms with van der Waals surface area (Å²) in [4.78, 5) is 13.9. The molecule has 0 radical (unpaired) electrons. The first-order valence-electron chi connectivity index (χ1n) is 7.21. The number of hydrogen-bond acceptors (Lipinski definition) is 3. The van der Waals surface area contributed by atoms with Crippen molar-refractivity contribution >= 4 is 11.5 Å². The molecule has 3 nitrogen and oxygen atoms in total. The van der Waals surface area contributed by atoms with Crippen LogP contribution < -0.4 is 10.2 Å². The molecule has 1 aliphatic heterocycles. The third kappa shape index (κ3) is 3.80. The predicted molar refractivity (Wildman–Crippen MR) is 79.9 cm³/mol. The van der Waals surface area contributed by atoms with Crippen LogP contribution in [-0.2, 0) is 0 Å². The molecule has 1 aliphatic rings. The number of ketones is 1. The smallest absolute Gasteiger partial charge is 0.159 e. The van der Waals surface area contributed by atoms with Gasteiger partial charge in [0, 0.05) is 24.3 Å². The van der Waals surface area contributed by atoms with Gasteiger partial charge in [0.25, 0.3) is 0 Å². The number of benzene rings is 1. The van der Waals surface area contributed by atoms with Crippen LogP contribution in [0.5, 0.6) is 0 Å². The molecule has 2 rings (SSSR count). The second kappa shape index (κ2) is 6.71. The molecule has 1 saturated heterocycles. The Morgan fingerprint density at radius 3 is 3.05 bits per heavy atom. The number of hydrogen-bond donors (Lipinski definition) is 1. The van der Waals surface area contributed by atoms with Crippen molar-refractivity contribution in [3.05, 3.63) is 29.8 Å². The first-order valence-corrected chi connectivity index (χ1v) is 7.21. The molecule has 0 amide bonds. The standard InChI is InChI=1S/C16H24N2O/c1-13(19)15-6-3-7-16(11-15)18-10-4-5-14(12-18)8-9-17-2/h3,6-7,11,14,17H,4-5,8-10,12H2,1-2H3. The number of Topliss-reactive ketones (excluding diaryl/α,β-unsaturated/α-hetero) is 1. The summed E-state index contributed by atoms with van der Waals surface area (Å²) in [5.74, 6) is 0.910. The highest BCUT2D eigenvalue weighted by molar-refractivity contribution is 5.94. The van der Waals surface area contributed by atoms with Crippen molar-refractivity contribution in [1.82, 2.24) is 5.32 Å². The van der Waals surface area contributed by atoms with Gasteiger partial charge in [-0.2, -0.15) is 0 Å². The fourth-order valence-electron chi connectivity index (χ4n) is 2.81. The predicted octanol–water partition coefficient (Wildman–Crippen LogP) is 2.72. The Labute approximate surface area is 116 Å². The molecule has 1 N–H and O–H groups in total. The largest absolute Gasteiger partial charge is 0.371 e. The molecule has 0 aromatic heterocycles. The van der Waals surface area contributed by atoms with E-state index in [1.54, 1.807) is 6.92 Å². The molecule has 1 heterocycles. The third-order valence-electron chi connectivity index (χ3n) is 3.94. The number of piperidine rings is 1. The van der Waals surface area contributed by atoms with Crippen molar-refractivity contribution in [3.8, 4) is 0 Å². The molecule has 3 heteroatoms. The lowest BCUT2D eigenvalue weighted by atomic mass is 9.94. The van der Waals surface area contributed by atoms with Gasteiger partial charge < -0.3 is 10.2 Å². The maximum Gasteiger partial charge on any atom is 0.159 e. The van der Waals surface area contributed by atoms with Gasteiger partial charge in [-0.25, -0.2) is 0 Å². The van der Waals surface area contributed by atoms with Gasteiger partial charge in [-0.05, 0) is 57.8 Å². The molecular formula is C16H24N2O. The van der Waals surface area contributed by atoms with Crippen LogP contribution in [0, 0.1) is 5.92 Å². The van der Waals surface area contributed by atoms with E-state index in [1.165, 1.54) is 24.9 Å². The SMILES string of the molecule is CNCCC1CCCN(c2cccc(C(C)=O)c2)C1. The monoisotopic (exact) mass is 260 g/mol. The summed E-state index contributed by atoms with van der Waals surface area (Å²) in [6, 6.07) is 8.03. The zero-order valence-corrected chi connectivity index (χ0v) is 12.0. The average Bonchev–Trinajstić information content (AvgIpc) is 2.45. The summed E-state index contributed by atoms with van der Waals surface area (Å²) in [6.45, 7) is 4.94. The minimum atomic E-state index is 0.144. The van der Waals surface area contributed by atoms with Crippen LogP contribution in [-0.4, -0.2) is 32.5 Å². The van der Waals surface area contributed by atoms with Gasteiger partial charge in [-0.1, -0.05) is 12.1 Å². The van der Waals surface area contributed by atoms with Gasteiger partial charge in [0.2, 0.25) is 0 Å². The van der Waals surface area contributed by atoms with Crippen molar-refractivity contribution in [2.45, 2.75) is 26.2 Å². The van der Waals surface area contributed by atoms with E-state index in [0.717, 1.165) is 31.1 Å². The minimum absolute atomic E-state index is 0.144. The summed E-state index contributed by atoms with van der Waals surface area (Å²) in [5, 5.41) is 3.23. The van der Waals surface area contributed by atoms with Crippen molar-refractivity contribution in [3.63, 3.8) is 0 Å². The summed E-state index contributed by atoms with van der Waals surface area (Å²) in [7, 11) is 2.01. The van der Waals surface area contributed by atoms with E-state index in [2.05, 4.69) is 16.3 Å². The molecule has 1 aromatic carbocycles. The van der Waals surface area contributed by atoms with Crippen LogP contribution in [0.3, 0.4) is 0 Å². The fourth-order valence-corrected chi connectivity index (χ4v) is 2.81. The summed E-state index contributed by atoms with van der Waals surface area (Å²) >= 11 is 0. The Morgan fingerprint density at radius 2 is 2.32 bits per heavy atom. The van der Waals surface area contributed by atoms with Gasteiger partial charge in [0.1, 0.15) is 0 Å². The summed E-state index contributed by atoms with van der Waals surface area (Å²) < 4.78 is 0. The lowest BCUT2D eigenvalue weighted by molar-refractivity contribution is 0.101. The lowest BCUT2D eigenvalue weighted by Gasteiger charge is -2.34. The highest BCUT2D eigenvalue weighted by Gasteiger charge is 2.20. The first-order chi connectivity index (χ1) is 9.20. The molecule has 0 bridgehead atoms. The number of rotatable bonds is 5. The lowest BCUT2D eigenvalue weighted by Crippen LogP contribution is -2.36. The number of carbonyl (C=O) groups excluding carboxylic acids is 1. The fraction of sp³-hybridized carbons (Fsp3) is 0.562. The maximum absolute atomic E-state index is 11.5. The third-order valence-corrected chi connectivity index (χ3v) is 3.94. The van der Waals surface area contributed by atoms with E-state index in [9.17, 15) is 4.79 Å². The van der Waals surface area contributed by atoms with Crippen LogP contribution in [0.2, 0.25) is 0 Å². The van der Waals surface area contributed by atoms with E-state index in [-0.39, 0.29) is 5.78 Å². The van der Waals surface area contributed by atoms with Gasteiger partial charge in [-0.3, -0.25) is 4.79 Å². The second-order valence-electron chi connectivity index (χ2n) is 5.45. The van der Waals surface area contributed by atoms with Crippen LogP contribution in [0.4, 0.5) is 5.69 Å². The molecule has 0 spiro atoms. The van der Waals surface area contributed by atoms with Gasteiger partial charge in [-0.15, -0.1) is 0 Å². The molecule has 19 heavy (non-hydrogen) atoms. The molecule has 0 aliphatic carbocycles. The molecule has 104 valence electrons. The Bertz CT molecular complexity index is 431. The molecule has 1 unspecified atom stereocenters. The maximum atomic E-state index is 11.5.